The Morgan fingerprint density at radius 3 is 1.29 bits per heavy atom. The number of benzene rings is 2. The van der Waals surface area contributed by atoms with Gasteiger partial charge in [-0.2, -0.15) is 0 Å². The van der Waals surface area contributed by atoms with E-state index in [2.05, 4.69) is 0 Å². The van der Waals surface area contributed by atoms with Crippen LogP contribution >= 0.6 is 7.75 Å². The monoisotopic (exact) mass is 305 g/mol. The standard InChI is InChI=1S/C16H20NO3P/c1-11-7-5-8-12(2)15(11)17(21(18,19)20)16-13(3)9-6-10-14(16)4/h5-10H,1-4H3,(H2,18,19,20). The highest BCUT2D eigenvalue weighted by molar-refractivity contribution is 7.54. The van der Waals surface area contributed by atoms with E-state index in [0.717, 1.165) is 22.3 Å². The Morgan fingerprint density at radius 1 is 0.762 bits per heavy atom. The van der Waals surface area contributed by atoms with Gasteiger partial charge in [-0.1, -0.05) is 36.4 Å². The van der Waals surface area contributed by atoms with Crippen molar-refractivity contribution in [2.45, 2.75) is 27.7 Å². The van der Waals surface area contributed by atoms with Gasteiger partial charge in [0.15, 0.2) is 0 Å². The van der Waals surface area contributed by atoms with Gasteiger partial charge >= 0.3 is 7.75 Å². The number of para-hydroxylation sites is 2. The molecule has 2 rings (SSSR count). The molecular formula is C16H20NO3P. The summed E-state index contributed by atoms with van der Waals surface area (Å²) in [6, 6.07) is 11.2. The van der Waals surface area contributed by atoms with Crippen molar-refractivity contribution in [1.29, 1.82) is 0 Å². The molecule has 0 spiro atoms. The van der Waals surface area contributed by atoms with Gasteiger partial charge < -0.3 is 9.79 Å². The molecular weight excluding hydrogens is 285 g/mol. The largest absolute Gasteiger partial charge is 0.434 e. The van der Waals surface area contributed by atoms with E-state index in [-0.39, 0.29) is 0 Å². The lowest BCUT2D eigenvalue weighted by atomic mass is 10.1. The minimum absolute atomic E-state index is 0.572. The summed E-state index contributed by atoms with van der Waals surface area (Å²) in [5.74, 6) is 0. The zero-order chi connectivity index (χ0) is 15.8. The summed E-state index contributed by atoms with van der Waals surface area (Å²) in [7, 11) is -4.49. The fourth-order valence-electron chi connectivity index (χ4n) is 2.65. The maximum atomic E-state index is 12.2. The first kappa shape index (κ1) is 15.8. The topological polar surface area (TPSA) is 60.8 Å². The van der Waals surface area contributed by atoms with Crippen molar-refractivity contribution in [2.75, 3.05) is 4.67 Å². The molecule has 0 saturated carbocycles. The van der Waals surface area contributed by atoms with Gasteiger partial charge in [0.1, 0.15) is 0 Å². The van der Waals surface area contributed by atoms with Crippen LogP contribution in [-0.2, 0) is 4.57 Å². The zero-order valence-electron chi connectivity index (χ0n) is 12.7. The summed E-state index contributed by atoms with van der Waals surface area (Å²) in [5.41, 5.74) is 4.48. The van der Waals surface area contributed by atoms with E-state index < -0.39 is 7.75 Å². The summed E-state index contributed by atoms with van der Waals surface area (Å²) < 4.78 is 13.3. The molecule has 0 aromatic heterocycles. The molecule has 2 aromatic carbocycles. The van der Waals surface area contributed by atoms with Crippen LogP contribution in [0.2, 0.25) is 0 Å². The summed E-state index contributed by atoms with van der Waals surface area (Å²) in [6.07, 6.45) is 0. The van der Waals surface area contributed by atoms with Crippen LogP contribution in [0.15, 0.2) is 36.4 Å². The van der Waals surface area contributed by atoms with Gasteiger partial charge in [0.25, 0.3) is 0 Å². The lowest BCUT2D eigenvalue weighted by Gasteiger charge is -2.31. The molecule has 0 fully saturated rings. The zero-order valence-corrected chi connectivity index (χ0v) is 13.6. The van der Waals surface area contributed by atoms with Gasteiger partial charge in [-0.15, -0.1) is 0 Å². The molecule has 0 heterocycles. The molecule has 0 aliphatic rings. The molecule has 2 aromatic rings. The maximum Gasteiger partial charge on any atom is 0.434 e. The van der Waals surface area contributed by atoms with Crippen molar-refractivity contribution in [3.8, 4) is 0 Å². The molecule has 0 unspecified atom stereocenters. The molecule has 2 N–H and O–H groups in total. The molecule has 0 aliphatic heterocycles. The van der Waals surface area contributed by atoms with Crippen LogP contribution in [0, 0.1) is 27.7 Å². The van der Waals surface area contributed by atoms with Crippen LogP contribution in [0.3, 0.4) is 0 Å². The first-order valence-electron chi connectivity index (χ1n) is 6.72. The molecule has 21 heavy (non-hydrogen) atoms. The van der Waals surface area contributed by atoms with Gasteiger partial charge in [-0.3, -0.25) is 0 Å². The Bertz CT molecular complexity index is 629. The predicted molar refractivity (Wildman–Crippen MR) is 86.0 cm³/mol. The maximum absolute atomic E-state index is 12.2. The predicted octanol–water partition coefficient (Wildman–Crippen LogP) is 4.15. The Hall–Kier alpha value is -1.61. The quantitative estimate of drug-likeness (QED) is 0.836. The highest BCUT2D eigenvalue weighted by atomic mass is 31.2. The number of hydrogen-bond acceptors (Lipinski definition) is 1. The SMILES string of the molecule is Cc1cccc(C)c1N(c1c(C)cccc1C)P(=O)(O)O. The third-order valence-corrected chi connectivity index (χ3v) is 4.48. The highest BCUT2D eigenvalue weighted by Crippen LogP contribution is 2.53. The fourth-order valence-corrected chi connectivity index (χ4v) is 3.80. The van der Waals surface area contributed by atoms with E-state index in [4.69, 9.17) is 0 Å². The summed E-state index contributed by atoms with van der Waals surface area (Å²) in [4.78, 5) is 19.8. The molecule has 5 heteroatoms. The Morgan fingerprint density at radius 2 is 1.05 bits per heavy atom. The molecule has 0 bridgehead atoms. The molecule has 4 nitrogen and oxygen atoms in total. The second-order valence-electron chi connectivity index (χ2n) is 5.31. The van der Waals surface area contributed by atoms with Crippen molar-refractivity contribution >= 4 is 19.1 Å². The van der Waals surface area contributed by atoms with Crippen LogP contribution < -0.4 is 4.67 Å². The number of rotatable bonds is 3. The number of aryl methyl sites for hydroxylation is 4. The normalized spacial score (nSPS) is 11.5. The summed E-state index contributed by atoms with van der Waals surface area (Å²) in [6.45, 7) is 7.44. The van der Waals surface area contributed by atoms with Crippen molar-refractivity contribution < 1.29 is 14.4 Å². The van der Waals surface area contributed by atoms with Gasteiger partial charge in [-0.05, 0) is 49.9 Å². The van der Waals surface area contributed by atoms with E-state index in [1.54, 1.807) is 0 Å². The second-order valence-corrected chi connectivity index (χ2v) is 6.73. The van der Waals surface area contributed by atoms with Gasteiger partial charge in [0.2, 0.25) is 0 Å². The van der Waals surface area contributed by atoms with Gasteiger partial charge in [0, 0.05) is 0 Å². The second kappa shape index (κ2) is 5.64. The Kier molecular flexibility index (Phi) is 4.24. The molecule has 0 aliphatic carbocycles. The smallest absolute Gasteiger partial charge is 0.308 e. The Labute approximate surface area is 125 Å². The van der Waals surface area contributed by atoms with Crippen LogP contribution in [0.1, 0.15) is 22.3 Å². The lowest BCUT2D eigenvalue weighted by Crippen LogP contribution is -2.17. The van der Waals surface area contributed by atoms with Crippen LogP contribution in [0.25, 0.3) is 0 Å². The van der Waals surface area contributed by atoms with E-state index in [0.29, 0.717) is 11.4 Å². The van der Waals surface area contributed by atoms with E-state index in [1.807, 2.05) is 64.1 Å². The summed E-state index contributed by atoms with van der Waals surface area (Å²) in [5, 5.41) is 0. The third kappa shape index (κ3) is 3.03. The highest BCUT2D eigenvalue weighted by Gasteiger charge is 2.32. The fraction of sp³-hybridized carbons (Fsp3) is 0.250. The van der Waals surface area contributed by atoms with Crippen molar-refractivity contribution in [2.24, 2.45) is 0 Å². The molecule has 0 atom stereocenters. The number of nitrogens with zero attached hydrogens (tertiary/aromatic N) is 1. The van der Waals surface area contributed by atoms with E-state index >= 15 is 0 Å². The Balaban J connectivity index is 2.81. The van der Waals surface area contributed by atoms with Crippen molar-refractivity contribution in [1.82, 2.24) is 0 Å². The number of hydrogen-bond donors (Lipinski definition) is 2. The average Bonchev–Trinajstić information content (AvgIpc) is 2.35. The average molecular weight is 305 g/mol. The minimum atomic E-state index is -4.49. The lowest BCUT2D eigenvalue weighted by molar-refractivity contribution is 0.373. The summed E-state index contributed by atoms with van der Waals surface area (Å²) >= 11 is 0. The molecule has 0 radical (unpaired) electrons. The van der Waals surface area contributed by atoms with Crippen molar-refractivity contribution in [3.63, 3.8) is 0 Å². The minimum Gasteiger partial charge on any atom is -0.308 e. The first-order chi connectivity index (χ1) is 9.73. The van der Waals surface area contributed by atoms with Crippen molar-refractivity contribution in [3.05, 3.63) is 58.7 Å². The number of anilines is 2. The molecule has 0 saturated heterocycles. The van der Waals surface area contributed by atoms with Crippen LogP contribution in [0.4, 0.5) is 11.4 Å². The van der Waals surface area contributed by atoms with Gasteiger partial charge in [-0.25, -0.2) is 9.24 Å². The van der Waals surface area contributed by atoms with Crippen LogP contribution in [0.5, 0.6) is 0 Å². The van der Waals surface area contributed by atoms with Gasteiger partial charge in [0.05, 0.1) is 11.4 Å². The van der Waals surface area contributed by atoms with Crippen LogP contribution in [-0.4, -0.2) is 9.79 Å². The third-order valence-electron chi connectivity index (χ3n) is 3.56. The molecule has 0 amide bonds. The van der Waals surface area contributed by atoms with E-state index in [9.17, 15) is 14.4 Å². The molecule has 112 valence electrons. The van der Waals surface area contributed by atoms with E-state index in [1.165, 1.54) is 4.67 Å². The first-order valence-corrected chi connectivity index (χ1v) is 8.28.